The Hall–Kier alpha value is -1.85. The van der Waals surface area contributed by atoms with Gasteiger partial charge in [-0.2, -0.15) is 0 Å². The number of esters is 2. The lowest BCUT2D eigenvalue weighted by atomic mass is 10.1. The molecule has 0 aliphatic carbocycles. The normalized spacial score (nSPS) is 12.0. The summed E-state index contributed by atoms with van der Waals surface area (Å²) in [7, 11) is 0. The lowest BCUT2D eigenvalue weighted by molar-refractivity contribution is -0.147. The van der Waals surface area contributed by atoms with Crippen LogP contribution in [0.15, 0.2) is 6.33 Å². The van der Waals surface area contributed by atoms with Crippen LogP contribution in [0.5, 0.6) is 0 Å². The monoisotopic (exact) mass is 296 g/mol. The molecule has 1 aromatic rings. The van der Waals surface area contributed by atoms with Crippen molar-refractivity contribution in [3.63, 3.8) is 0 Å². The average Bonchev–Trinajstić information content (AvgIpc) is 2.82. The second-order valence-corrected chi connectivity index (χ2v) is 4.72. The van der Waals surface area contributed by atoms with Gasteiger partial charge in [-0.3, -0.25) is 0 Å². The summed E-state index contributed by atoms with van der Waals surface area (Å²) in [4.78, 5) is 28.4. The first-order chi connectivity index (χ1) is 10.1. The molecule has 1 unspecified atom stereocenters. The van der Waals surface area contributed by atoms with E-state index in [9.17, 15) is 9.59 Å². The van der Waals surface area contributed by atoms with Gasteiger partial charge in [0.25, 0.3) is 0 Å². The zero-order valence-corrected chi connectivity index (χ0v) is 13.2. The number of nitrogens with zero attached hydrogens (tertiary/aromatic N) is 2. The first kappa shape index (κ1) is 17.2. The van der Waals surface area contributed by atoms with Crippen molar-refractivity contribution < 1.29 is 19.1 Å². The molecule has 21 heavy (non-hydrogen) atoms. The van der Waals surface area contributed by atoms with Crippen LogP contribution >= 0.6 is 0 Å². The van der Waals surface area contributed by atoms with E-state index in [1.807, 2.05) is 6.92 Å². The van der Waals surface area contributed by atoms with Gasteiger partial charge >= 0.3 is 11.9 Å². The summed E-state index contributed by atoms with van der Waals surface area (Å²) < 4.78 is 11.8. The summed E-state index contributed by atoms with van der Waals surface area (Å²) in [5, 5.41) is 0. The predicted molar refractivity (Wildman–Crippen MR) is 78.1 cm³/mol. The van der Waals surface area contributed by atoms with E-state index in [1.54, 1.807) is 25.3 Å². The lowest BCUT2D eigenvalue weighted by Gasteiger charge is -2.19. The summed E-state index contributed by atoms with van der Waals surface area (Å²) in [6.07, 6.45) is 3.94. The van der Waals surface area contributed by atoms with Crippen molar-refractivity contribution in [3.8, 4) is 0 Å². The van der Waals surface area contributed by atoms with Crippen LogP contribution in [0.3, 0.4) is 0 Å². The number of unbranched alkanes of at least 4 members (excludes halogenated alkanes) is 1. The molecule has 0 bridgehead atoms. The van der Waals surface area contributed by atoms with Crippen molar-refractivity contribution in [2.75, 3.05) is 13.2 Å². The molecule has 1 aromatic heterocycles. The SMILES string of the molecule is CCCCC(C(=O)OCC)n1cnc(C)c1C(=O)OCC. The van der Waals surface area contributed by atoms with Gasteiger partial charge in [0, 0.05) is 0 Å². The summed E-state index contributed by atoms with van der Waals surface area (Å²) in [6.45, 7) is 7.87. The molecule has 0 spiro atoms. The van der Waals surface area contributed by atoms with Crippen LogP contribution in [0.25, 0.3) is 0 Å². The van der Waals surface area contributed by atoms with Crippen LogP contribution in [0.1, 0.15) is 62.3 Å². The number of aromatic nitrogens is 2. The predicted octanol–water partition coefficient (Wildman–Crippen LogP) is 2.66. The van der Waals surface area contributed by atoms with Gasteiger partial charge in [0.2, 0.25) is 0 Å². The molecule has 0 radical (unpaired) electrons. The molecule has 6 heteroatoms. The standard InChI is InChI=1S/C15H24N2O4/c1-5-8-9-12(14(18)20-6-2)17-10-16-11(4)13(17)15(19)21-7-3/h10,12H,5-9H2,1-4H3. The Labute approximate surface area is 125 Å². The maximum Gasteiger partial charge on any atom is 0.356 e. The second kappa shape index (κ2) is 8.44. The van der Waals surface area contributed by atoms with Crippen LogP contribution in [0, 0.1) is 6.92 Å². The van der Waals surface area contributed by atoms with E-state index in [0.717, 1.165) is 12.8 Å². The fourth-order valence-electron chi connectivity index (χ4n) is 2.15. The zero-order chi connectivity index (χ0) is 15.8. The van der Waals surface area contributed by atoms with Crippen LogP contribution < -0.4 is 0 Å². The van der Waals surface area contributed by atoms with Crippen molar-refractivity contribution in [2.45, 2.75) is 53.0 Å². The molecule has 0 amide bonds. The molecular formula is C15H24N2O4. The molecule has 0 N–H and O–H groups in total. The molecule has 6 nitrogen and oxygen atoms in total. The number of carbonyl (C=O) groups is 2. The van der Waals surface area contributed by atoms with Crippen LogP contribution in [-0.2, 0) is 14.3 Å². The maximum absolute atomic E-state index is 12.2. The van der Waals surface area contributed by atoms with E-state index >= 15 is 0 Å². The highest BCUT2D eigenvalue weighted by atomic mass is 16.5. The highest BCUT2D eigenvalue weighted by Crippen LogP contribution is 2.22. The van der Waals surface area contributed by atoms with E-state index < -0.39 is 12.0 Å². The summed E-state index contributed by atoms with van der Waals surface area (Å²) in [5.41, 5.74) is 0.880. The number of ether oxygens (including phenoxy) is 2. The number of imidazole rings is 1. The molecule has 1 rings (SSSR count). The number of aryl methyl sites for hydroxylation is 1. The Morgan fingerprint density at radius 3 is 2.48 bits per heavy atom. The third-order valence-electron chi connectivity index (χ3n) is 3.17. The molecule has 118 valence electrons. The highest BCUT2D eigenvalue weighted by molar-refractivity contribution is 5.89. The molecular weight excluding hydrogens is 272 g/mol. The third kappa shape index (κ3) is 4.31. The van der Waals surface area contributed by atoms with E-state index in [1.165, 1.54) is 6.33 Å². The Kier molecular flexibility index (Phi) is 6.91. The average molecular weight is 296 g/mol. The Balaban J connectivity index is 3.12. The highest BCUT2D eigenvalue weighted by Gasteiger charge is 2.28. The minimum absolute atomic E-state index is 0.280. The Morgan fingerprint density at radius 1 is 1.24 bits per heavy atom. The van der Waals surface area contributed by atoms with E-state index in [4.69, 9.17) is 9.47 Å². The molecule has 0 aliphatic rings. The number of carbonyl (C=O) groups excluding carboxylic acids is 2. The molecule has 0 saturated carbocycles. The second-order valence-electron chi connectivity index (χ2n) is 4.72. The van der Waals surface area contributed by atoms with Crippen molar-refractivity contribution in [1.29, 1.82) is 0 Å². The topological polar surface area (TPSA) is 70.4 Å². The van der Waals surface area contributed by atoms with Crippen LogP contribution in [0.4, 0.5) is 0 Å². The van der Waals surface area contributed by atoms with Gasteiger partial charge in [0.15, 0.2) is 5.69 Å². The molecule has 1 heterocycles. The molecule has 1 atom stereocenters. The van der Waals surface area contributed by atoms with Gasteiger partial charge in [-0.05, 0) is 27.2 Å². The van der Waals surface area contributed by atoms with Crippen LogP contribution in [0.2, 0.25) is 0 Å². The Morgan fingerprint density at radius 2 is 1.90 bits per heavy atom. The molecule has 0 fully saturated rings. The zero-order valence-electron chi connectivity index (χ0n) is 13.2. The number of hydrogen-bond donors (Lipinski definition) is 0. The number of rotatable bonds is 8. The van der Waals surface area contributed by atoms with Crippen molar-refractivity contribution in [1.82, 2.24) is 9.55 Å². The minimum Gasteiger partial charge on any atom is -0.464 e. The van der Waals surface area contributed by atoms with Crippen LogP contribution in [-0.4, -0.2) is 34.7 Å². The fraction of sp³-hybridized carbons (Fsp3) is 0.667. The van der Waals surface area contributed by atoms with E-state index in [0.29, 0.717) is 24.4 Å². The molecule has 0 saturated heterocycles. The van der Waals surface area contributed by atoms with Crippen molar-refractivity contribution >= 4 is 11.9 Å². The quantitative estimate of drug-likeness (QED) is 0.690. The first-order valence-electron chi connectivity index (χ1n) is 7.43. The largest absolute Gasteiger partial charge is 0.464 e. The third-order valence-corrected chi connectivity index (χ3v) is 3.17. The summed E-state index contributed by atoms with van der Waals surface area (Å²) in [6, 6.07) is -0.537. The number of hydrogen-bond acceptors (Lipinski definition) is 5. The van der Waals surface area contributed by atoms with Gasteiger partial charge < -0.3 is 14.0 Å². The molecule has 0 aromatic carbocycles. The smallest absolute Gasteiger partial charge is 0.356 e. The lowest BCUT2D eigenvalue weighted by Crippen LogP contribution is -2.25. The van der Waals surface area contributed by atoms with Crippen molar-refractivity contribution in [3.05, 3.63) is 17.7 Å². The van der Waals surface area contributed by atoms with Crippen molar-refractivity contribution in [2.24, 2.45) is 0 Å². The summed E-state index contributed by atoms with van der Waals surface area (Å²) in [5.74, 6) is -0.799. The van der Waals surface area contributed by atoms with Gasteiger partial charge in [-0.15, -0.1) is 0 Å². The maximum atomic E-state index is 12.2. The Bertz CT molecular complexity index is 482. The fourth-order valence-corrected chi connectivity index (χ4v) is 2.15. The van der Waals surface area contributed by atoms with E-state index in [-0.39, 0.29) is 12.6 Å². The minimum atomic E-state index is -0.537. The summed E-state index contributed by atoms with van der Waals surface area (Å²) >= 11 is 0. The van der Waals surface area contributed by atoms with Gasteiger partial charge in [0.1, 0.15) is 6.04 Å². The molecule has 0 aliphatic heterocycles. The van der Waals surface area contributed by atoms with Gasteiger partial charge in [-0.25, -0.2) is 14.6 Å². The van der Waals surface area contributed by atoms with Gasteiger partial charge in [-0.1, -0.05) is 19.8 Å². The first-order valence-corrected chi connectivity index (χ1v) is 7.43. The van der Waals surface area contributed by atoms with E-state index in [2.05, 4.69) is 4.98 Å². The van der Waals surface area contributed by atoms with Gasteiger partial charge in [0.05, 0.1) is 25.2 Å².